The summed E-state index contributed by atoms with van der Waals surface area (Å²) in [5, 5.41) is 9.57. The maximum absolute atomic E-state index is 12.7. The summed E-state index contributed by atoms with van der Waals surface area (Å²) in [6.07, 6.45) is 28.4. The molecule has 0 bridgehead atoms. The fraction of sp³-hybridized carbons (Fsp3) is 0.667. The third-order valence-corrected chi connectivity index (χ3v) is 26.6. The van der Waals surface area contributed by atoms with Crippen molar-refractivity contribution in [2.45, 2.75) is 253 Å². The van der Waals surface area contributed by atoms with Crippen molar-refractivity contribution in [3.63, 3.8) is 0 Å². The van der Waals surface area contributed by atoms with Crippen LogP contribution in [0.2, 0.25) is 0 Å². The third-order valence-electron chi connectivity index (χ3n) is 26.6. The van der Waals surface area contributed by atoms with Crippen molar-refractivity contribution in [2.75, 3.05) is 32.7 Å². The van der Waals surface area contributed by atoms with E-state index in [1.807, 2.05) is 60.7 Å². The molecule has 19 heteroatoms. The molecule has 12 aliphatic rings. The van der Waals surface area contributed by atoms with Gasteiger partial charge in [-0.05, 0) is 217 Å². The summed E-state index contributed by atoms with van der Waals surface area (Å²) in [6.45, 7) is 27.0. The van der Waals surface area contributed by atoms with Gasteiger partial charge in [0, 0.05) is 90.0 Å². The maximum atomic E-state index is 12.7. The molecule has 17 nitrogen and oxygen atoms in total. The van der Waals surface area contributed by atoms with Gasteiger partial charge < -0.3 is 42.9 Å². The normalized spacial score (nSPS) is 34.9. The second-order valence-corrected chi connectivity index (χ2v) is 33.1. The molecule has 2 amide bonds. The number of benzene rings is 2. The fourth-order valence-corrected chi connectivity index (χ4v) is 21.5. The SMILES string of the molecule is CC(=O)OOC(C)=O.CC1=C2C[C@H]3[C@@H](CCC4=CC(=O)CC[C@@]43C)[C@@H]2CC[C@@]2(C1)O[C@@H]1C[C@H](C)CN(CCNC(=O)CCc3ccccc3)[C@H]1[C@H]2C.CC1=C2C[C@H]3[C@@H](CCC4=CC(=O)CC[C@@]43C)[C@@H]2CC[C@@]2(C1)O[C@@H]1C[C@H](C)CN[C@H]1[C@H]2C.O=CCNC(=O)CCc1ccccc1.[B-]OC(C)=O.[Na+]. The zero-order chi connectivity index (χ0) is 73.3. The van der Waals surface area contributed by atoms with Crippen LogP contribution in [0.4, 0.5) is 0 Å². The number of ketones is 2. The Hall–Kier alpha value is -5.34. The first kappa shape index (κ1) is 81.7. The number of nitrogens with zero attached hydrogens (tertiary/aromatic N) is 1. The number of likely N-dealkylation sites (tertiary alicyclic amines) is 1. The summed E-state index contributed by atoms with van der Waals surface area (Å²) in [5.74, 6) is 5.89. The van der Waals surface area contributed by atoms with Crippen molar-refractivity contribution < 1.29 is 91.8 Å². The van der Waals surface area contributed by atoms with Crippen molar-refractivity contribution >= 4 is 55.6 Å². The van der Waals surface area contributed by atoms with Crippen molar-refractivity contribution in [1.29, 1.82) is 0 Å². The molecule has 14 rings (SSSR count). The average Bonchev–Trinajstić information content (AvgIpc) is 1.58. The van der Waals surface area contributed by atoms with Gasteiger partial charge in [-0.2, -0.15) is 0 Å². The summed E-state index contributed by atoms with van der Waals surface area (Å²) >= 11 is 0. The van der Waals surface area contributed by atoms with E-state index >= 15 is 0 Å². The number of piperidine rings is 2. The van der Waals surface area contributed by atoms with Gasteiger partial charge in [-0.15, -0.1) is 0 Å². The third kappa shape index (κ3) is 19.2. The quantitative estimate of drug-likeness (QED) is 0.0626. The van der Waals surface area contributed by atoms with Gasteiger partial charge in [0.2, 0.25) is 17.8 Å². The van der Waals surface area contributed by atoms with Crippen LogP contribution in [0.5, 0.6) is 0 Å². The van der Waals surface area contributed by atoms with Gasteiger partial charge in [-0.3, -0.25) is 28.9 Å². The summed E-state index contributed by atoms with van der Waals surface area (Å²) < 4.78 is 17.9. The summed E-state index contributed by atoms with van der Waals surface area (Å²) in [5.41, 5.74) is 12.5. The summed E-state index contributed by atoms with van der Waals surface area (Å²) in [6, 6.07) is 21.0. The molecule has 18 atom stereocenters. The van der Waals surface area contributed by atoms with Gasteiger partial charge in [0.25, 0.3) is 0 Å². The molecule has 2 spiro atoms. The van der Waals surface area contributed by atoms with Crippen LogP contribution in [0, 0.1) is 70.0 Å². The number of hydrogen-bond acceptors (Lipinski definition) is 15. The van der Waals surface area contributed by atoms with Gasteiger partial charge in [0.15, 0.2) is 11.6 Å². The molecule has 0 unspecified atom stereocenters. The van der Waals surface area contributed by atoms with Gasteiger partial charge >= 0.3 is 41.5 Å². The number of aldehydes is 1. The van der Waals surface area contributed by atoms with Gasteiger partial charge in [-0.25, -0.2) is 19.4 Å². The van der Waals surface area contributed by atoms with E-state index in [1.165, 1.54) is 75.0 Å². The molecule has 4 saturated carbocycles. The number of ether oxygens (including phenoxy) is 2. The van der Waals surface area contributed by atoms with Crippen LogP contribution in [0.1, 0.15) is 216 Å². The second-order valence-electron chi connectivity index (χ2n) is 33.1. The van der Waals surface area contributed by atoms with Crippen LogP contribution in [-0.4, -0.2) is 129 Å². The molecule has 4 heterocycles. The van der Waals surface area contributed by atoms with E-state index in [9.17, 15) is 38.4 Å². The Bertz CT molecular complexity index is 3470. The zero-order valence-electron chi connectivity index (χ0n) is 64.0. The molecule has 8 aliphatic carbocycles. The Balaban J connectivity index is 0.000000180. The molecule has 2 aromatic rings. The number of fused-ring (bicyclic) bond motifs is 12. The number of aryl methyl sites for hydroxylation is 2. The standard InChI is InChI=1S/C39H54N2O3.C28H41NO2.C11H13NO2.C4H6O4.C2H3BO2.Na/c1-25-20-35-37(41(24-25)19-18-40-36(43)13-10-28-8-6-5-7-9-28)27(3)39(44-35)17-15-31-32-12-11-29-21-30(42)14-16-38(29,4)34(32)22-33(31)26(2)23-39;1-16-11-25-26(29-15-16)18(3)28(31-25)10-8-21-22-6-5-19-12-20(30)7-9-27(19,4)24(22)13-23(21)17(2)14-28;13-9-8-12-11(14)7-6-10-4-2-1-3-5-10;1-3(5)7-8-4(2)6;1-2(4)5-3;/h5-9,21,25,27,31-32,34-35,37H,10-20,22-24H2,1-4H3,(H,40,43);12,16,18,21-22,24-26,29H,5-11,13-15H2,1-4H3;1-5,9H,6-8H2,(H,12,14);1-2H3;1H3;/q;;;;-1;+1/t25-,27+,31-,32-,34-,35+,37-,38-,39-;16-,18+,21-,22-,24-,25+,26-,27-,28-;;;;/m00..../s1. The van der Waals surface area contributed by atoms with Crippen LogP contribution in [0.3, 0.4) is 0 Å². The van der Waals surface area contributed by atoms with E-state index in [1.54, 1.807) is 22.3 Å². The minimum absolute atomic E-state index is 0. The Kier molecular flexibility index (Phi) is 28.6. The number of rotatable bonds is 11. The predicted molar refractivity (Wildman–Crippen MR) is 394 cm³/mol. The van der Waals surface area contributed by atoms with E-state index < -0.39 is 17.9 Å². The Morgan fingerprint density at radius 2 is 1.10 bits per heavy atom. The molecule has 0 aromatic heterocycles. The van der Waals surface area contributed by atoms with E-state index in [0.717, 1.165) is 139 Å². The monoisotopic (exact) mass is 1420 g/mol. The first-order chi connectivity index (χ1) is 48.7. The van der Waals surface area contributed by atoms with Crippen molar-refractivity contribution in [3.05, 3.63) is 117 Å². The van der Waals surface area contributed by atoms with E-state index in [0.29, 0.717) is 91.4 Å². The average molecular weight is 1420 g/mol. The van der Waals surface area contributed by atoms with E-state index in [-0.39, 0.29) is 76.1 Å². The maximum Gasteiger partial charge on any atom is 1.00 e. The molecule has 555 valence electrons. The number of amides is 2. The molecule has 103 heavy (non-hydrogen) atoms. The van der Waals surface area contributed by atoms with Crippen molar-refractivity contribution in [3.8, 4) is 0 Å². The van der Waals surface area contributed by atoms with Crippen LogP contribution in [0.15, 0.2) is 106 Å². The molecule has 8 fully saturated rings. The molecule has 3 N–H and O–H groups in total. The first-order valence-electron chi connectivity index (χ1n) is 38.7. The number of carbonyl (C=O) groups is 8. The van der Waals surface area contributed by atoms with Gasteiger partial charge in [-0.1, -0.05) is 136 Å². The van der Waals surface area contributed by atoms with Crippen LogP contribution >= 0.6 is 0 Å². The van der Waals surface area contributed by atoms with Crippen molar-refractivity contribution in [1.82, 2.24) is 20.9 Å². The van der Waals surface area contributed by atoms with Crippen LogP contribution < -0.4 is 45.5 Å². The van der Waals surface area contributed by atoms with Gasteiger partial charge in [0.05, 0.1) is 30.0 Å². The molecule has 4 saturated heterocycles. The minimum atomic E-state index is -0.639. The Morgan fingerprint density at radius 3 is 1.57 bits per heavy atom. The smallest absolute Gasteiger partial charge is 0.793 e. The summed E-state index contributed by atoms with van der Waals surface area (Å²) in [4.78, 5) is 97.6. The first-order valence-corrected chi connectivity index (χ1v) is 38.7. The molecule has 4 aliphatic heterocycles. The number of allylic oxidation sites excluding steroid dienone is 6. The van der Waals surface area contributed by atoms with E-state index in [4.69, 9.17) is 9.47 Å². The molecular weight excluding hydrogens is 1310 g/mol. The number of carbonyl (C=O) groups excluding carboxylic acids is 8. The fourth-order valence-electron chi connectivity index (χ4n) is 21.5. The minimum Gasteiger partial charge on any atom is -0.793 e. The summed E-state index contributed by atoms with van der Waals surface area (Å²) in [7, 11) is 4.32. The zero-order valence-corrected chi connectivity index (χ0v) is 66.0. The molecule has 3 radical (unpaired) electrons. The van der Waals surface area contributed by atoms with E-state index in [2.05, 4.69) is 111 Å². The van der Waals surface area contributed by atoms with Crippen LogP contribution in [-0.2, 0) is 75.1 Å². The second kappa shape index (κ2) is 36.0. The Labute approximate surface area is 637 Å². The van der Waals surface area contributed by atoms with Gasteiger partial charge in [0.1, 0.15) is 6.29 Å². The molecule has 2 aromatic carbocycles. The predicted octanol–water partition coefficient (Wildman–Crippen LogP) is 10.3. The Morgan fingerprint density at radius 1 is 0.631 bits per heavy atom. The number of hydrogen-bond donors (Lipinski definition) is 3. The van der Waals surface area contributed by atoms with Crippen molar-refractivity contribution in [2.24, 2.45) is 70.0 Å². The number of nitrogens with one attached hydrogen (secondary N) is 3. The molecular formula is C84H117BN4NaO13. The largest absolute Gasteiger partial charge is 1.00 e. The van der Waals surface area contributed by atoms with Crippen LogP contribution in [0.25, 0.3) is 0 Å². The topological polar surface area (TPSA) is 222 Å².